The Morgan fingerprint density at radius 2 is 1.84 bits per heavy atom. The molecule has 0 bridgehead atoms. The number of carbonyl (C=O) groups excluding carboxylic acids is 1. The first kappa shape index (κ1) is 14.6. The van der Waals surface area contributed by atoms with E-state index in [1.807, 2.05) is 9.80 Å². The summed E-state index contributed by atoms with van der Waals surface area (Å²) < 4.78 is 0. The maximum atomic E-state index is 12.5. The SMILES string of the molecule is CN1CCC(N2CCCN(CC(C)(C)O)C2=O)CC1. The van der Waals surface area contributed by atoms with Crippen LogP contribution in [0.2, 0.25) is 0 Å². The third-order valence-corrected chi connectivity index (χ3v) is 4.05. The summed E-state index contributed by atoms with van der Waals surface area (Å²) in [6, 6.07) is 0.497. The lowest BCUT2D eigenvalue weighted by atomic mass is 10.0. The highest BCUT2D eigenvalue weighted by Gasteiger charge is 2.34. The zero-order valence-corrected chi connectivity index (χ0v) is 12.4. The molecular formula is C14H27N3O2. The van der Waals surface area contributed by atoms with Gasteiger partial charge < -0.3 is 19.8 Å². The second-order valence-corrected chi connectivity index (χ2v) is 6.60. The molecule has 2 rings (SSSR count). The summed E-state index contributed by atoms with van der Waals surface area (Å²) in [7, 11) is 2.13. The van der Waals surface area contributed by atoms with Gasteiger partial charge in [0.25, 0.3) is 0 Å². The van der Waals surface area contributed by atoms with Crippen molar-refractivity contribution >= 4 is 6.03 Å². The molecule has 0 aromatic rings. The Bertz CT molecular complexity index is 319. The van der Waals surface area contributed by atoms with Crippen molar-refractivity contribution in [2.24, 2.45) is 0 Å². The van der Waals surface area contributed by atoms with Crippen LogP contribution < -0.4 is 0 Å². The number of piperidine rings is 1. The number of likely N-dealkylation sites (tertiary alicyclic amines) is 1. The Kier molecular flexibility index (Phi) is 4.36. The Morgan fingerprint density at radius 3 is 2.42 bits per heavy atom. The van der Waals surface area contributed by atoms with Crippen LogP contribution >= 0.6 is 0 Å². The maximum absolute atomic E-state index is 12.5. The second-order valence-electron chi connectivity index (χ2n) is 6.60. The van der Waals surface area contributed by atoms with E-state index >= 15 is 0 Å². The van der Waals surface area contributed by atoms with Crippen LogP contribution in [0, 0.1) is 0 Å². The monoisotopic (exact) mass is 269 g/mol. The summed E-state index contributed by atoms with van der Waals surface area (Å²) in [5, 5.41) is 9.90. The standard InChI is InChI=1S/C14H27N3O2/c1-14(2,19)11-16-7-4-8-17(13(16)18)12-5-9-15(3)10-6-12/h12,19H,4-11H2,1-3H3. The molecule has 19 heavy (non-hydrogen) atoms. The molecule has 2 heterocycles. The van der Waals surface area contributed by atoms with Crippen LogP contribution in [0.3, 0.4) is 0 Å². The highest BCUT2D eigenvalue weighted by atomic mass is 16.3. The predicted molar refractivity (Wildman–Crippen MR) is 75.1 cm³/mol. The highest BCUT2D eigenvalue weighted by Crippen LogP contribution is 2.21. The van der Waals surface area contributed by atoms with Crippen molar-refractivity contribution in [3.05, 3.63) is 0 Å². The number of β-amino-alcohol motifs (C(OH)–C–C–N with tert-alkyl or cyclic N) is 1. The van der Waals surface area contributed by atoms with Gasteiger partial charge in [0.1, 0.15) is 0 Å². The van der Waals surface area contributed by atoms with E-state index in [1.165, 1.54) is 0 Å². The molecule has 0 radical (unpaired) electrons. The van der Waals surface area contributed by atoms with Crippen molar-refractivity contribution in [1.82, 2.24) is 14.7 Å². The van der Waals surface area contributed by atoms with Crippen molar-refractivity contribution in [3.63, 3.8) is 0 Å². The van der Waals surface area contributed by atoms with E-state index in [0.717, 1.165) is 45.4 Å². The fourth-order valence-electron chi connectivity index (χ4n) is 3.06. The van der Waals surface area contributed by atoms with Gasteiger partial charge in [-0.25, -0.2) is 4.79 Å². The normalized spacial score (nSPS) is 24.1. The largest absolute Gasteiger partial charge is 0.389 e. The van der Waals surface area contributed by atoms with Gasteiger partial charge in [-0.3, -0.25) is 0 Å². The Balaban J connectivity index is 1.96. The molecule has 0 aromatic heterocycles. The first-order chi connectivity index (χ1) is 8.87. The molecule has 0 unspecified atom stereocenters. The van der Waals surface area contributed by atoms with E-state index in [2.05, 4.69) is 11.9 Å². The molecule has 5 heteroatoms. The van der Waals surface area contributed by atoms with Crippen molar-refractivity contribution < 1.29 is 9.90 Å². The summed E-state index contributed by atoms with van der Waals surface area (Å²) in [6.45, 7) is 7.72. The van der Waals surface area contributed by atoms with Crippen molar-refractivity contribution in [2.45, 2.75) is 44.8 Å². The zero-order chi connectivity index (χ0) is 14.0. The van der Waals surface area contributed by atoms with Gasteiger partial charge in [-0.15, -0.1) is 0 Å². The Morgan fingerprint density at radius 1 is 1.21 bits per heavy atom. The minimum atomic E-state index is -0.814. The van der Waals surface area contributed by atoms with E-state index in [4.69, 9.17) is 0 Å². The third-order valence-electron chi connectivity index (χ3n) is 4.05. The quantitative estimate of drug-likeness (QED) is 0.831. The summed E-state index contributed by atoms with van der Waals surface area (Å²) in [4.78, 5) is 18.7. The lowest BCUT2D eigenvalue weighted by Gasteiger charge is -2.44. The number of nitrogens with zero attached hydrogens (tertiary/aromatic N) is 3. The van der Waals surface area contributed by atoms with Crippen LogP contribution in [0.15, 0.2) is 0 Å². The van der Waals surface area contributed by atoms with Crippen LogP contribution in [0.1, 0.15) is 33.1 Å². The van der Waals surface area contributed by atoms with Gasteiger partial charge in [0, 0.05) is 19.1 Å². The number of carbonyl (C=O) groups is 1. The number of amides is 2. The molecule has 0 saturated carbocycles. The number of urea groups is 1. The molecular weight excluding hydrogens is 242 g/mol. The minimum Gasteiger partial charge on any atom is -0.389 e. The van der Waals surface area contributed by atoms with Gasteiger partial charge >= 0.3 is 6.03 Å². The van der Waals surface area contributed by atoms with E-state index in [1.54, 1.807) is 13.8 Å². The highest BCUT2D eigenvalue weighted by molar-refractivity contribution is 5.75. The molecule has 0 aromatic carbocycles. The predicted octanol–water partition coefficient (Wildman–Crippen LogP) is 0.979. The van der Waals surface area contributed by atoms with Crippen LogP contribution in [-0.4, -0.2) is 77.3 Å². The van der Waals surface area contributed by atoms with Gasteiger partial charge in [-0.2, -0.15) is 0 Å². The van der Waals surface area contributed by atoms with E-state index in [-0.39, 0.29) is 6.03 Å². The summed E-state index contributed by atoms with van der Waals surface area (Å²) in [5.41, 5.74) is -0.814. The lowest BCUT2D eigenvalue weighted by molar-refractivity contribution is 0.0226. The maximum Gasteiger partial charge on any atom is 0.320 e. The molecule has 2 saturated heterocycles. The average Bonchev–Trinajstić information content (AvgIpc) is 2.32. The van der Waals surface area contributed by atoms with Crippen LogP contribution in [0.25, 0.3) is 0 Å². The smallest absolute Gasteiger partial charge is 0.320 e. The van der Waals surface area contributed by atoms with Gasteiger partial charge in [0.15, 0.2) is 0 Å². The number of aliphatic hydroxyl groups is 1. The number of hydrogen-bond acceptors (Lipinski definition) is 3. The Labute approximate surface area is 116 Å². The molecule has 0 aliphatic carbocycles. The molecule has 2 fully saturated rings. The average molecular weight is 269 g/mol. The summed E-state index contributed by atoms with van der Waals surface area (Å²) in [6.07, 6.45) is 3.14. The van der Waals surface area contributed by atoms with E-state index in [0.29, 0.717) is 12.6 Å². The number of hydrogen-bond donors (Lipinski definition) is 1. The molecule has 2 aliphatic heterocycles. The van der Waals surface area contributed by atoms with Gasteiger partial charge in [0.05, 0.1) is 12.1 Å². The van der Waals surface area contributed by atoms with Crippen LogP contribution in [0.5, 0.6) is 0 Å². The minimum absolute atomic E-state index is 0.114. The molecule has 0 spiro atoms. The van der Waals surface area contributed by atoms with Crippen LogP contribution in [0.4, 0.5) is 4.79 Å². The fourth-order valence-corrected chi connectivity index (χ4v) is 3.06. The lowest BCUT2D eigenvalue weighted by Crippen LogP contribution is -2.57. The van der Waals surface area contributed by atoms with Gasteiger partial charge in [0.2, 0.25) is 0 Å². The summed E-state index contributed by atoms with van der Waals surface area (Å²) >= 11 is 0. The zero-order valence-electron chi connectivity index (χ0n) is 12.4. The first-order valence-electron chi connectivity index (χ1n) is 7.33. The van der Waals surface area contributed by atoms with Gasteiger partial charge in [-0.1, -0.05) is 0 Å². The molecule has 0 atom stereocenters. The molecule has 2 aliphatic rings. The molecule has 5 nitrogen and oxygen atoms in total. The number of rotatable bonds is 3. The summed E-state index contributed by atoms with van der Waals surface area (Å²) in [5.74, 6) is 0. The first-order valence-corrected chi connectivity index (χ1v) is 7.33. The second kappa shape index (κ2) is 5.67. The van der Waals surface area contributed by atoms with Crippen molar-refractivity contribution in [3.8, 4) is 0 Å². The topological polar surface area (TPSA) is 47.0 Å². The molecule has 2 amide bonds. The van der Waals surface area contributed by atoms with E-state index < -0.39 is 5.60 Å². The van der Waals surface area contributed by atoms with E-state index in [9.17, 15) is 9.90 Å². The van der Waals surface area contributed by atoms with Gasteiger partial charge in [-0.05, 0) is 53.2 Å². The van der Waals surface area contributed by atoms with Crippen LogP contribution in [-0.2, 0) is 0 Å². The van der Waals surface area contributed by atoms with Crippen molar-refractivity contribution in [1.29, 1.82) is 0 Å². The molecule has 1 N–H and O–H groups in total. The molecule has 110 valence electrons. The van der Waals surface area contributed by atoms with Crippen molar-refractivity contribution in [2.75, 3.05) is 39.8 Å². The fraction of sp³-hybridized carbons (Fsp3) is 0.929. The third kappa shape index (κ3) is 3.83. The Hall–Kier alpha value is -0.810.